The number of nitrogen functional groups attached to an aromatic ring is 1. The molecule has 0 aromatic heterocycles. The number of rotatable bonds is 1. The molecule has 2 heterocycles. The Morgan fingerprint density at radius 3 is 2.89 bits per heavy atom. The molecule has 0 aliphatic carbocycles. The smallest absolute Gasteiger partial charge is 0.230 e. The third-order valence-electron chi connectivity index (χ3n) is 4.06. The normalized spacial score (nSPS) is 20.1. The summed E-state index contributed by atoms with van der Waals surface area (Å²) in [5, 5.41) is 0. The summed E-state index contributed by atoms with van der Waals surface area (Å²) in [6, 6.07) is 5.87. The van der Waals surface area contributed by atoms with Gasteiger partial charge in [0.15, 0.2) is 0 Å². The standard InChI is InChI=1S/C15H20N2O2/c16-13-3-4-14-12(10-13)2-1-7-17(14)15(18)11-5-8-19-9-6-11/h3-4,10-11H,1-2,5-9,16H2. The third-order valence-corrected chi connectivity index (χ3v) is 4.06. The molecule has 0 atom stereocenters. The molecule has 3 rings (SSSR count). The molecule has 4 heteroatoms. The number of carbonyl (C=O) groups excluding carboxylic acids is 1. The minimum atomic E-state index is 0.122. The number of hydrogen-bond acceptors (Lipinski definition) is 3. The molecule has 1 aromatic rings. The summed E-state index contributed by atoms with van der Waals surface area (Å²) in [6.07, 6.45) is 3.72. The molecule has 2 aliphatic rings. The van der Waals surface area contributed by atoms with Crippen LogP contribution >= 0.6 is 0 Å². The fourth-order valence-corrected chi connectivity index (χ4v) is 3.01. The lowest BCUT2D eigenvalue weighted by molar-refractivity contribution is -0.125. The molecule has 1 amide bonds. The lowest BCUT2D eigenvalue weighted by Crippen LogP contribution is -2.41. The summed E-state index contributed by atoms with van der Waals surface area (Å²) in [4.78, 5) is 14.6. The molecule has 1 aromatic carbocycles. The van der Waals surface area contributed by atoms with Gasteiger partial charge in [-0.1, -0.05) is 0 Å². The summed E-state index contributed by atoms with van der Waals surface area (Å²) in [5.41, 5.74) is 8.86. The lowest BCUT2D eigenvalue weighted by atomic mass is 9.95. The van der Waals surface area contributed by atoms with Crippen molar-refractivity contribution in [1.29, 1.82) is 0 Å². The number of aryl methyl sites for hydroxylation is 1. The Bertz CT molecular complexity index is 481. The summed E-state index contributed by atoms with van der Waals surface area (Å²) in [5.74, 6) is 0.381. The molecular formula is C15H20N2O2. The number of hydrogen-bond donors (Lipinski definition) is 1. The van der Waals surface area contributed by atoms with Gasteiger partial charge in [-0.05, 0) is 49.4 Å². The van der Waals surface area contributed by atoms with E-state index in [-0.39, 0.29) is 11.8 Å². The van der Waals surface area contributed by atoms with Gasteiger partial charge in [0.25, 0.3) is 0 Å². The maximum Gasteiger partial charge on any atom is 0.230 e. The van der Waals surface area contributed by atoms with Crippen molar-refractivity contribution < 1.29 is 9.53 Å². The highest BCUT2D eigenvalue weighted by atomic mass is 16.5. The number of ether oxygens (including phenoxy) is 1. The van der Waals surface area contributed by atoms with E-state index in [2.05, 4.69) is 0 Å². The summed E-state index contributed by atoms with van der Waals surface area (Å²) < 4.78 is 5.34. The van der Waals surface area contributed by atoms with Crippen molar-refractivity contribution in [1.82, 2.24) is 0 Å². The Morgan fingerprint density at radius 2 is 2.11 bits per heavy atom. The SMILES string of the molecule is Nc1ccc2c(c1)CCCN2C(=O)C1CCOCC1. The number of nitrogens with zero attached hydrogens (tertiary/aromatic N) is 1. The first-order chi connectivity index (χ1) is 9.25. The second-order valence-electron chi connectivity index (χ2n) is 5.37. The van der Waals surface area contributed by atoms with E-state index in [9.17, 15) is 4.79 Å². The molecule has 0 bridgehead atoms. The van der Waals surface area contributed by atoms with E-state index >= 15 is 0 Å². The molecule has 0 unspecified atom stereocenters. The fraction of sp³-hybridized carbons (Fsp3) is 0.533. The lowest BCUT2D eigenvalue weighted by Gasteiger charge is -2.33. The van der Waals surface area contributed by atoms with Gasteiger partial charge in [0.1, 0.15) is 0 Å². The molecule has 0 spiro atoms. The van der Waals surface area contributed by atoms with Gasteiger partial charge in [0.2, 0.25) is 5.91 Å². The van der Waals surface area contributed by atoms with Crippen LogP contribution < -0.4 is 10.6 Å². The van der Waals surface area contributed by atoms with E-state index in [1.807, 2.05) is 23.1 Å². The van der Waals surface area contributed by atoms with E-state index < -0.39 is 0 Å². The highest BCUT2D eigenvalue weighted by Crippen LogP contribution is 2.31. The van der Waals surface area contributed by atoms with Crippen molar-refractivity contribution >= 4 is 17.3 Å². The van der Waals surface area contributed by atoms with Gasteiger partial charge < -0.3 is 15.4 Å². The number of carbonyl (C=O) groups is 1. The van der Waals surface area contributed by atoms with E-state index in [0.717, 1.165) is 43.6 Å². The van der Waals surface area contributed by atoms with Crippen LogP contribution in [0.3, 0.4) is 0 Å². The van der Waals surface area contributed by atoms with Gasteiger partial charge >= 0.3 is 0 Å². The van der Waals surface area contributed by atoms with Gasteiger partial charge in [-0.15, -0.1) is 0 Å². The van der Waals surface area contributed by atoms with Crippen LogP contribution in [-0.2, 0) is 16.0 Å². The van der Waals surface area contributed by atoms with E-state index in [0.29, 0.717) is 13.2 Å². The van der Waals surface area contributed by atoms with E-state index in [4.69, 9.17) is 10.5 Å². The van der Waals surface area contributed by atoms with Crippen molar-refractivity contribution in [2.75, 3.05) is 30.4 Å². The molecule has 0 saturated carbocycles. The molecule has 19 heavy (non-hydrogen) atoms. The average Bonchev–Trinajstić information content (AvgIpc) is 2.46. The van der Waals surface area contributed by atoms with Crippen molar-refractivity contribution in [3.63, 3.8) is 0 Å². The number of fused-ring (bicyclic) bond motifs is 1. The quantitative estimate of drug-likeness (QED) is 0.785. The van der Waals surface area contributed by atoms with Crippen LogP contribution in [0.5, 0.6) is 0 Å². The van der Waals surface area contributed by atoms with Crippen LogP contribution in [0.25, 0.3) is 0 Å². The van der Waals surface area contributed by atoms with E-state index in [1.54, 1.807) is 0 Å². The predicted molar refractivity (Wildman–Crippen MR) is 75.1 cm³/mol. The Labute approximate surface area is 113 Å². The zero-order valence-corrected chi connectivity index (χ0v) is 11.1. The second kappa shape index (κ2) is 5.21. The maximum atomic E-state index is 12.6. The molecule has 2 N–H and O–H groups in total. The Kier molecular flexibility index (Phi) is 3.42. The van der Waals surface area contributed by atoms with Crippen molar-refractivity contribution in [3.05, 3.63) is 23.8 Å². The largest absolute Gasteiger partial charge is 0.399 e. The molecule has 1 fully saturated rings. The van der Waals surface area contributed by atoms with Crippen LogP contribution in [-0.4, -0.2) is 25.7 Å². The monoisotopic (exact) mass is 260 g/mol. The third kappa shape index (κ3) is 2.45. The molecule has 102 valence electrons. The molecule has 2 aliphatic heterocycles. The summed E-state index contributed by atoms with van der Waals surface area (Å²) in [7, 11) is 0. The average molecular weight is 260 g/mol. The van der Waals surface area contributed by atoms with E-state index in [1.165, 1.54) is 5.56 Å². The zero-order chi connectivity index (χ0) is 13.2. The highest BCUT2D eigenvalue weighted by molar-refractivity contribution is 5.96. The van der Waals surface area contributed by atoms with Crippen molar-refractivity contribution in [2.45, 2.75) is 25.7 Å². The van der Waals surface area contributed by atoms with Crippen LogP contribution in [0.15, 0.2) is 18.2 Å². The maximum absolute atomic E-state index is 12.6. The van der Waals surface area contributed by atoms with Crippen molar-refractivity contribution in [3.8, 4) is 0 Å². The van der Waals surface area contributed by atoms with Crippen LogP contribution in [0, 0.1) is 5.92 Å². The van der Waals surface area contributed by atoms with Crippen LogP contribution in [0.1, 0.15) is 24.8 Å². The number of benzene rings is 1. The highest BCUT2D eigenvalue weighted by Gasteiger charge is 2.29. The van der Waals surface area contributed by atoms with Gasteiger partial charge in [-0.3, -0.25) is 4.79 Å². The molecule has 1 saturated heterocycles. The minimum Gasteiger partial charge on any atom is -0.399 e. The molecular weight excluding hydrogens is 240 g/mol. The van der Waals surface area contributed by atoms with Gasteiger partial charge in [0.05, 0.1) is 0 Å². The topological polar surface area (TPSA) is 55.6 Å². The molecule has 4 nitrogen and oxygen atoms in total. The Balaban J connectivity index is 1.84. The minimum absolute atomic E-state index is 0.122. The van der Waals surface area contributed by atoms with Crippen LogP contribution in [0.4, 0.5) is 11.4 Å². The van der Waals surface area contributed by atoms with Gasteiger partial charge in [-0.2, -0.15) is 0 Å². The summed E-state index contributed by atoms with van der Waals surface area (Å²) in [6.45, 7) is 2.24. The summed E-state index contributed by atoms with van der Waals surface area (Å²) >= 11 is 0. The number of amides is 1. The first-order valence-corrected chi connectivity index (χ1v) is 7.03. The number of nitrogens with two attached hydrogens (primary N) is 1. The van der Waals surface area contributed by atoms with Gasteiger partial charge in [0, 0.05) is 37.1 Å². The van der Waals surface area contributed by atoms with Crippen LogP contribution in [0.2, 0.25) is 0 Å². The fourth-order valence-electron chi connectivity index (χ4n) is 3.01. The Hall–Kier alpha value is -1.55. The number of anilines is 2. The Morgan fingerprint density at radius 1 is 1.32 bits per heavy atom. The van der Waals surface area contributed by atoms with Crippen molar-refractivity contribution in [2.24, 2.45) is 5.92 Å². The molecule has 0 radical (unpaired) electrons. The first-order valence-electron chi connectivity index (χ1n) is 7.03. The predicted octanol–water partition coefficient (Wildman–Crippen LogP) is 1.97. The first kappa shape index (κ1) is 12.5. The van der Waals surface area contributed by atoms with Gasteiger partial charge in [-0.25, -0.2) is 0 Å². The zero-order valence-electron chi connectivity index (χ0n) is 11.1. The second-order valence-corrected chi connectivity index (χ2v) is 5.37.